The molecule has 0 spiro atoms. The normalized spacial score (nSPS) is 11.9. The summed E-state index contributed by atoms with van der Waals surface area (Å²) in [6.45, 7) is 11.4. The van der Waals surface area contributed by atoms with Crippen molar-refractivity contribution >= 4 is 11.9 Å². The predicted octanol–water partition coefficient (Wildman–Crippen LogP) is 5.06. The summed E-state index contributed by atoms with van der Waals surface area (Å²) in [5.74, 6) is 0.571. The van der Waals surface area contributed by atoms with Gasteiger partial charge in [-0.25, -0.2) is 0 Å². The first-order valence-electron chi connectivity index (χ1n) is 9.25. The van der Waals surface area contributed by atoms with Gasteiger partial charge in [-0.15, -0.1) is 0 Å². The van der Waals surface area contributed by atoms with E-state index >= 15 is 0 Å². The average Bonchev–Trinajstić information content (AvgIpc) is 2.49. The number of rotatable bonds is 13. The minimum atomic E-state index is -0.178. The second-order valence-electron chi connectivity index (χ2n) is 7.26. The minimum absolute atomic E-state index is 0.165. The van der Waals surface area contributed by atoms with Gasteiger partial charge in [-0.1, -0.05) is 32.4 Å². The van der Waals surface area contributed by atoms with Crippen LogP contribution in [0.25, 0.3) is 0 Å². The number of unbranched alkanes of at least 4 members (excludes halogenated alkanes) is 1. The van der Waals surface area contributed by atoms with E-state index in [4.69, 9.17) is 9.47 Å². The Morgan fingerprint density at radius 2 is 1.50 bits per heavy atom. The molecule has 0 aromatic rings. The largest absolute Gasteiger partial charge is 0.466 e. The van der Waals surface area contributed by atoms with Crippen molar-refractivity contribution in [2.24, 2.45) is 11.8 Å². The number of esters is 2. The SMILES string of the molecule is CC(C)=CCCC(C)CCOC(=O)CCCCC(=O)OCC(C)C. The molecule has 0 saturated heterocycles. The van der Waals surface area contributed by atoms with Crippen LogP contribution in [-0.2, 0) is 19.1 Å². The zero-order valence-corrected chi connectivity index (χ0v) is 16.2. The number of ether oxygens (including phenoxy) is 2. The second-order valence-corrected chi connectivity index (χ2v) is 7.26. The number of hydrogen-bond acceptors (Lipinski definition) is 4. The van der Waals surface area contributed by atoms with Gasteiger partial charge in [0.05, 0.1) is 13.2 Å². The van der Waals surface area contributed by atoms with Gasteiger partial charge in [0, 0.05) is 12.8 Å². The van der Waals surface area contributed by atoms with Crippen molar-refractivity contribution in [2.75, 3.05) is 13.2 Å². The molecule has 4 heteroatoms. The lowest BCUT2D eigenvalue weighted by Gasteiger charge is -2.10. The number of carbonyl (C=O) groups excluding carboxylic acids is 2. The molecule has 4 nitrogen and oxygen atoms in total. The third kappa shape index (κ3) is 15.6. The Morgan fingerprint density at radius 3 is 2.04 bits per heavy atom. The van der Waals surface area contributed by atoms with Gasteiger partial charge in [0.25, 0.3) is 0 Å². The summed E-state index contributed by atoms with van der Waals surface area (Å²) in [5.41, 5.74) is 1.35. The van der Waals surface area contributed by atoms with Crippen molar-refractivity contribution in [2.45, 2.75) is 79.6 Å². The number of hydrogen-bond donors (Lipinski definition) is 0. The van der Waals surface area contributed by atoms with Gasteiger partial charge in [-0.3, -0.25) is 9.59 Å². The van der Waals surface area contributed by atoms with Gasteiger partial charge in [-0.05, 0) is 57.8 Å². The molecule has 0 saturated carbocycles. The molecule has 0 heterocycles. The lowest BCUT2D eigenvalue weighted by Crippen LogP contribution is -2.11. The molecule has 24 heavy (non-hydrogen) atoms. The Balaban J connectivity index is 3.56. The van der Waals surface area contributed by atoms with Crippen LogP contribution in [0.5, 0.6) is 0 Å². The molecule has 0 bridgehead atoms. The molecule has 0 fully saturated rings. The molecule has 0 aromatic heterocycles. The molecule has 0 aromatic carbocycles. The van der Waals surface area contributed by atoms with E-state index in [1.54, 1.807) is 0 Å². The minimum Gasteiger partial charge on any atom is -0.466 e. The van der Waals surface area contributed by atoms with Crippen molar-refractivity contribution in [1.82, 2.24) is 0 Å². The molecule has 0 rings (SSSR count). The second kappa shape index (κ2) is 14.1. The molecule has 0 radical (unpaired) electrons. The molecule has 0 aliphatic heterocycles. The average molecular weight is 341 g/mol. The van der Waals surface area contributed by atoms with Crippen LogP contribution in [0.4, 0.5) is 0 Å². The molecule has 0 aliphatic rings. The van der Waals surface area contributed by atoms with E-state index < -0.39 is 0 Å². The van der Waals surface area contributed by atoms with Crippen LogP contribution in [0.1, 0.15) is 79.6 Å². The van der Waals surface area contributed by atoms with Crippen molar-refractivity contribution in [3.05, 3.63) is 11.6 Å². The summed E-state index contributed by atoms with van der Waals surface area (Å²) < 4.78 is 10.3. The van der Waals surface area contributed by atoms with Crippen LogP contribution in [0.15, 0.2) is 11.6 Å². The fourth-order valence-corrected chi connectivity index (χ4v) is 2.12. The highest BCUT2D eigenvalue weighted by Crippen LogP contribution is 2.12. The standard InChI is InChI=1S/C20H36O4/c1-16(2)9-8-10-18(5)13-14-23-19(21)11-6-7-12-20(22)24-15-17(3)4/h9,17-18H,6-8,10-15H2,1-5H3. The highest BCUT2D eigenvalue weighted by atomic mass is 16.5. The van der Waals surface area contributed by atoms with Gasteiger partial charge in [-0.2, -0.15) is 0 Å². The van der Waals surface area contributed by atoms with Crippen molar-refractivity contribution in [3.8, 4) is 0 Å². The van der Waals surface area contributed by atoms with E-state index in [0.29, 0.717) is 50.7 Å². The molecule has 0 aliphatic carbocycles. The Hall–Kier alpha value is -1.32. The summed E-state index contributed by atoms with van der Waals surface area (Å²) in [4.78, 5) is 23.1. The van der Waals surface area contributed by atoms with Crippen LogP contribution in [-0.4, -0.2) is 25.2 Å². The molecule has 1 atom stereocenters. The van der Waals surface area contributed by atoms with E-state index in [2.05, 4.69) is 26.8 Å². The van der Waals surface area contributed by atoms with Crippen LogP contribution in [0.2, 0.25) is 0 Å². The maximum atomic E-state index is 11.6. The van der Waals surface area contributed by atoms with Crippen molar-refractivity contribution in [1.29, 1.82) is 0 Å². The van der Waals surface area contributed by atoms with E-state index in [9.17, 15) is 9.59 Å². The van der Waals surface area contributed by atoms with Gasteiger partial charge < -0.3 is 9.47 Å². The van der Waals surface area contributed by atoms with E-state index in [1.807, 2.05) is 13.8 Å². The summed E-state index contributed by atoms with van der Waals surface area (Å²) in [6.07, 6.45) is 7.46. The van der Waals surface area contributed by atoms with Crippen molar-refractivity contribution < 1.29 is 19.1 Å². The summed E-state index contributed by atoms with van der Waals surface area (Å²) in [7, 11) is 0. The maximum absolute atomic E-state index is 11.6. The monoisotopic (exact) mass is 340 g/mol. The van der Waals surface area contributed by atoms with E-state index in [0.717, 1.165) is 19.3 Å². The maximum Gasteiger partial charge on any atom is 0.305 e. The Bertz CT molecular complexity index is 381. The first-order valence-corrected chi connectivity index (χ1v) is 9.25. The Kier molecular flexibility index (Phi) is 13.3. The zero-order chi connectivity index (χ0) is 18.4. The van der Waals surface area contributed by atoms with Crippen LogP contribution in [0, 0.1) is 11.8 Å². The van der Waals surface area contributed by atoms with Gasteiger partial charge >= 0.3 is 11.9 Å². The quantitative estimate of drug-likeness (QED) is 0.267. The lowest BCUT2D eigenvalue weighted by atomic mass is 10.0. The summed E-state index contributed by atoms with van der Waals surface area (Å²) >= 11 is 0. The Morgan fingerprint density at radius 1 is 0.917 bits per heavy atom. The fraction of sp³-hybridized carbons (Fsp3) is 0.800. The highest BCUT2D eigenvalue weighted by molar-refractivity contribution is 5.70. The molecular weight excluding hydrogens is 304 g/mol. The first-order chi connectivity index (χ1) is 11.3. The summed E-state index contributed by atoms with van der Waals surface area (Å²) in [6, 6.07) is 0. The van der Waals surface area contributed by atoms with Gasteiger partial charge in [0.15, 0.2) is 0 Å². The van der Waals surface area contributed by atoms with Gasteiger partial charge in [0.2, 0.25) is 0 Å². The van der Waals surface area contributed by atoms with Crippen LogP contribution >= 0.6 is 0 Å². The molecular formula is C20H36O4. The number of carbonyl (C=O) groups is 2. The Labute approximate surface area is 148 Å². The number of allylic oxidation sites excluding steroid dienone is 2. The van der Waals surface area contributed by atoms with Crippen LogP contribution in [0.3, 0.4) is 0 Å². The summed E-state index contributed by atoms with van der Waals surface area (Å²) in [5, 5.41) is 0. The smallest absolute Gasteiger partial charge is 0.305 e. The fourth-order valence-electron chi connectivity index (χ4n) is 2.12. The lowest BCUT2D eigenvalue weighted by molar-refractivity contribution is -0.146. The van der Waals surface area contributed by atoms with Crippen LogP contribution < -0.4 is 0 Å². The first kappa shape index (κ1) is 22.7. The molecule has 140 valence electrons. The third-order valence-electron chi connectivity index (χ3n) is 3.68. The van der Waals surface area contributed by atoms with Crippen molar-refractivity contribution in [3.63, 3.8) is 0 Å². The topological polar surface area (TPSA) is 52.6 Å². The highest BCUT2D eigenvalue weighted by Gasteiger charge is 2.08. The van der Waals surface area contributed by atoms with Gasteiger partial charge in [0.1, 0.15) is 0 Å². The molecule has 0 amide bonds. The van der Waals surface area contributed by atoms with E-state index in [-0.39, 0.29) is 11.9 Å². The van der Waals surface area contributed by atoms with E-state index in [1.165, 1.54) is 5.57 Å². The molecule has 0 N–H and O–H groups in total. The predicted molar refractivity (Wildman–Crippen MR) is 97.7 cm³/mol. The third-order valence-corrected chi connectivity index (χ3v) is 3.68. The zero-order valence-electron chi connectivity index (χ0n) is 16.2. The molecule has 1 unspecified atom stereocenters.